The number of carbonyl (C=O) groups excluding carboxylic acids is 1. The summed E-state index contributed by atoms with van der Waals surface area (Å²) in [6, 6.07) is 0. The van der Waals surface area contributed by atoms with Crippen molar-refractivity contribution in [3.8, 4) is 11.5 Å². The van der Waals surface area contributed by atoms with E-state index in [-0.39, 0.29) is 17.9 Å². The lowest BCUT2D eigenvalue weighted by Crippen LogP contribution is -2.03. The topological polar surface area (TPSA) is 91.3 Å². The van der Waals surface area contributed by atoms with E-state index in [4.69, 9.17) is 18.5 Å². The van der Waals surface area contributed by atoms with Gasteiger partial charge >= 0.3 is 13.6 Å². The fourth-order valence-electron chi connectivity index (χ4n) is 3.52. The van der Waals surface area contributed by atoms with Gasteiger partial charge in [0.15, 0.2) is 0 Å². The van der Waals surface area contributed by atoms with Crippen LogP contribution in [0.15, 0.2) is 11.6 Å². The Hall–Kier alpha value is -1.82. The average Bonchev–Trinajstić information content (AvgIpc) is 3.06. The number of methoxy groups -OCH3 is 1. The van der Waals surface area contributed by atoms with Gasteiger partial charge in [-0.15, -0.1) is 0 Å². The van der Waals surface area contributed by atoms with Crippen molar-refractivity contribution in [3.63, 3.8) is 0 Å². The number of carbonyl (C=O) groups is 1. The van der Waals surface area contributed by atoms with Gasteiger partial charge in [0.05, 0.1) is 26.5 Å². The number of cyclic esters (lactones) is 1. The standard InChI is InChI=1S/C21H31O7P/c1-6-27-29(24,28-7-2)12-8-9-14(3)10-11-16-19(22)18-17(13-26-21(18)23)15(4)20(16)25-5/h10,22H,6-9,11-13H2,1-5H3. The fourth-order valence-corrected chi connectivity index (χ4v) is 5.18. The summed E-state index contributed by atoms with van der Waals surface area (Å²) in [4.78, 5) is 12.0. The highest BCUT2D eigenvalue weighted by molar-refractivity contribution is 7.53. The molecule has 1 heterocycles. The Labute approximate surface area is 172 Å². The van der Waals surface area contributed by atoms with Gasteiger partial charge in [0, 0.05) is 11.1 Å². The SMILES string of the molecule is CCOP(=O)(CCCC(C)=CCc1c(O)c2c(c(C)c1OC)COC2=O)OCC. The Balaban J connectivity index is 2.11. The van der Waals surface area contributed by atoms with E-state index in [0.29, 0.717) is 49.1 Å². The predicted octanol–water partition coefficient (Wildman–Crippen LogP) is 4.91. The van der Waals surface area contributed by atoms with Gasteiger partial charge in [-0.25, -0.2) is 4.79 Å². The van der Waals surface area contributed by atoms with E-state index >= 15 is 0 Å². The van der Waals surface area contributed by atoms with Crippen molar-refractivity contribution in [2.75, 3.05) is 26.5 Å². The van der Waals surface area contributed by atoms with E-state index in [1.165, 1.54) is 0 Å². The van der Waals surface area contributed by atoms with E-state index < -0.39 is 13.6 Å². The molecule has 0 unspecified atom stereocenters. The van der Waals surface area contributed by atoms with E-state index in [2.05, 4.69) is 0 Å². The molecule has 1 N–H and O–H groups in total. The van der Waals surface area contributed by atoms with E-state index in [1.807, 2.05) is 19.9 Å². The molecule has 7 nitrogen and oxygen atoms in total. The van der Waals surface area contributed by atoms with Crippen molar-refractivity contribution >= 4 is 13.6 Å². The summed E-state index contributed by atoms with van der Waals surface area (Å²) in [6.07, 6.45) is 4.14. The highest BCUT2D eigenvalue weighted by Crippen LogP contribution is 2.49. The third kappa shape index (κ3) is 5.41. The van der Waals surface area contributed by atoms with Crippen molar-refractivity contribution in [1.82, 2.24) is 0 Å². The maximum atomic E-state index is 12.5. The fraction of sp³-hybridized carbons (Fsp3) is 0.571. The van der Waals surface area contributed by atoms with Gasteiger partial charge in [-0.2, -0.15) is 0 Å². The second-order valence-electron chi connectivity index (χ2n) is 6.94. The van der Waals surface area contributed by atoms with Gasteiger partial charge in [-0.3, -0.25) is 4.57 Å². The summed E-state index contributed by atoms with van der Waals surface area (Å²) in [5, 5.41) is 10.7. The Bertz CT molecular complexity index is 819. The first-order chi connectivity index (χ1) is 13.8. The van der Waals surface area contributed by atoms with Gasteiger partial charge in [-0.05, 0) is 52.5 Å². The Morgan fingerprint density at radius 1 is 1.28 bits per heavy atom. The van der Waals surface area contributed by atoms with Crippen LogP contribution in [0.3, 0.4) is 0 Å². The van der Waals surface area contributed by atoms with Crippen LogP contribution < -0.4 is 4.74 Å². The monoisotopic (exact) mass is 426 g/mol. The van der Waals surface area contributed by atoms with Crippen LogP contribution in [0.25, 0.3) is 0 Å². The van der Waals surface area contributed by atoms with Crippen LogP contribution in [0.2, 0.25) is 0 Å². The molecule has 0 spiro atoms. The van der Waals surface area contributed by atoms with Crippen molar-refractivity contribution in [2.24, 2.45) is 0 Å². The summed E-state index contributed by atoms with van der Waals surface area (Å²) in [5.41, 5.74) is 3.36. The minimum atomic E-state index is -3.03. The van der Waals surface area contributed by atoms with Gasteiger partial charge in [0.25, 0.3) is 0 Å². The summed E-state index contributed by atoms with van der Waals surface area (Å²) in [7, 11) is -1.49. The smallest absolute Gasteiger partial charge is 0.342 e. The van der Waals surface area contributed by atoms with Crippen LogP contribution in [0.5, 0.6) is 11.5 Å². The molecule has 1 aliphatic rings. The number of allylic oxidation sites excluding steroid dienone is 2. The number of rotatable bonds is 11. The average molecular weight is 426 g/mol. The van der Waals surface area contributed by atoms with Crippen molar-refractivity contribution < 1.29 is 33.0 Å². The molecule has 1 aliphatic heterocycles. The maximum Gasteiger partial charge on any atom is 0.342 e. The number of phenols is 1. The lowest BCUT2D eigenvalue weighted by Gasteiger charge is -2.17. The number of ether oxygens (including phenoxy) is 2. The molecule has 0 saturated carbocycles. The predicted molar refractivity (Wildman–Crippen MR) is 111 cm³/mol. The number of esters is 1. The molecule has 1 aromatic carbocycles. The molecule has 0 bridgehead atoms. The molecule has 0 aliphatic carbocycles. The van der Waals surface area contributed by atoms with Crippen LogP contribution in [-0.4, -0.2) is 37.6 Å². The lowest BCUT2D eigenvalue weighted by atomic mass is 9.94. The summed E-state index contributed by atoms with van der Waals surface area (Å²) in [6.45, 7) is 8.29. The van der Waals surface area contributed by atoms with Gasteiger partial charge in [0.1, 0.15) is 23.7 Å². The van der Waals surface area contributed by atoms with Gasteiger partial charge in [0.2, 0.25) is 0 Å². The first-order valence-corrected chi connectivity index (χ1v) is 11.6. The van der Waals surface area contributed by atoms with Crippen LogP contribution in [-0.2, 0) is 31.4 Å². The third-order valence-corrected chi connectivity index (χ3v) is 7.12. The van der Waals surface area contributed by atoms with E-state index in [9.17, 15) is 14.5 Å². The van der Waals surface area contributed by atoms with Crippen molar-refractivity contribution in [2.45, 2.75) is 53.6 Å². The van der Waals surface area contributed by atoms with Gasteiger partial charge in [-0.1, -0.05) is 11.6 Å². The number of phenolic OH excluding ortho intramolecular Hbond substituents is 1. The molecule has 1 aromatic rings. The molecule has 0 radical (unpaired) electrons. The largest absolute Gasteiger partial charge is 0.507 e. The number of aromatic hydroxyl groups is 1. The first kappa shape index (κ1) is 23.5. The zero-order chi connectivity index (χ0) is 21.6. The second kappa shape index (κ2) is 10.3. The molecule has 29 heavy (non-hydrogen) atoms. The zero-order valence-electron chi connectivity index (χ0n) is 17.9. The third-order valence-electron chi connectivity index (χ3n) is 4.96. The molecule has 0 aromatic heterocycles. The number of fused-ring (bicyclic) bond motifs is 1. The number of hydrogen-bond donors (Lipinski definition) is 1. The molecule has 8 heteroatoms. The lowest BCUT2D eigenvalue weighted by molar-refractivity contribution is 0.0533. The van der Waals surface area contributed by atoms with Crippen LogP contribution >= 0.6 is 7.60 Å². The molecule has 0 fully saturated rings. The number of benzene rings is 1. The normalized spacial score (nSPS) is 14.1. The van der Waals surface area contributed by atoms with E-state index in [1.54, 1.807) is 21.0 Å². The number of hydrogen-bond acceptors (Lipinski definition) is 7. The van der Waals surface area contributed by atoms with Crippen LogP contribution in [0, 0.1) is 6.92 Å². The van der Waals surface area contributed by atoms with Crippen molar-refractivity contribution in [3.05, 3.63) is 33.9 Å². The molecule has 2 rings (SSSR count). The molecule has 0 amide bonds. The Kier molecular flexibility index (Phi) is 8.32. The molecule has 0 atom stereocenters. The maximum absolute atomic E-state index is 12.5. The highest BCUT2D eigenvalue weighted by Gasteiger charge is 2.31. The molecule has 162 valence electrons. The second-order valence-corrected chi connectivity index (χ2v) is 9.13. The summed E-state index contributed by atoms with van der Waals surface area (Å²) >= 11 is 0. The zero-order valence-corrected chi connectivity index (χ0v) is 18.8. The van der Waals surface area contributed by atoms with E-state index in [0.717, 1.165) is 17.6 Å². The molecular formula is C21H31O7P. The van der Waals surface area contributed by atoms with Gasteiger partial charge < -0.3 is 23.6 Å². The Morgan fingerprint density at radius 2 is 1.93 bits per heavy atom. The van der Waals surface area contributed by atoms with Crippen LogP contribution in [0.4, 0.5) is 0 Å². The molecular weight excluding hydrogens is 395 g/mol. The minimum absolute atomic E-state index is 0.0776. The van der Waals surface area contributed by atoms with Crippen LogP contribution in [0.1, 0.15) is 60.7 Å². The first-order valence-electron chi connectivity index (χ1n) is 9.90. The molecule has 0 saturated heterocycles. The Morgan fingerprint density at radius 3 is 2.52 bits per heavy atom. The quantitative estimate of drug-likeness (QED) is 0.305. The minimum Gasteiger partial charge on any atom is -0.507 e. The van der Waals surface area contributed by atoms with Crippen molar-refractivity contribution in [1.29, 1.82) is 0 Å². The highest BCUT2D eigenvalue weighted by atomic mass is 31.2. The summed E-state index contributed by atoms with van der Waals surface area (Å²) < 4.78 is 33.7. The summed E-state index contributed by atoms with van der Waals surface area (Å²) in [5.74, 6) is -0.0141.